The van der Waals surface area contributed by atoms with Crippen LogP contribution in [-0.4, -0.2) is 22.6 Å². The minimum atomic E-state index is -2.63. The molecule has 0 aliphatic heterocycles. The van der Waals surface area contributed by atoms with Gasteiger partial charge in [-0.3, -0.25) is 14.8 Å². The topological polar surface area (TPSA) is 66.4 Å². The molecule has 0 rings (SSSR count). The summed E-state index contributed by atoms with van der Waals surface area (Å²) in [6.45, 7) is 1.70. The third-order valence-electron chi connectivity index (χ3n) is 1.19. The fraction of sp³-hybridized carbons (Fsp3) is 0.600. The largest absolute Gasteiger partial charge is 0.296 e. The van der Waals surface area contributed by atoms with Crippen LogP contribution in [0.5, 0.6) is 0 Å². The molecule has 0 saturated heterocycles. The molecule has 0 aliphatic rings. The van der Waals surface area contributed by atoms with E-state index in [4.69, 9.17) is 5.21 Å². The first-order valence-electron chi connectivity index (χ1n) is 2.57. The number of alkyl halides is 1. The third-order valence-corrected chi connectivity index (χ3v) is 1.19. The zero-order valence-corrected chi connectivity index (χ0v) is 5.64. The molecular weight excluding hydrogens is 141 g/mol. The highest BCUT2D eigenvalue weighted by Crippen LogP contribution is 2.10. The maximum Gasteiger partial charge on any atom is 0.288 e. The third kappa shape index (κ3) is 1.51. The maximum absolute atomic E-state index is 12.7. The second-order valence-electron chi connectivity index (χ2n) is 2.00. The van der Waals surface area contributed by atoms with Gasteiger partial charge < -0.3 is 0 Å². The average Bonchev–Trinajstić information content (AvgIpc) is 1.86. The van der Waals surface area contributed by atoms with Crippen molar-refractivity contribution in [1.82, 2.24) is 5.48 Å². The van der Waals surface area contributed by atoms with Gasteiger partial charge in [0.15, 0.2) is 5.78 Å². The molecule has 0 heterocycles. The number of rotatable bonds is 2. The number of ketones is 1. The molecule has 0 bridgehead atoms. The van der Waals surface area contributed by atoms with Crippen LogP contribution >= 0.6 is 0 Å². The first kappa shape index (κ1) is 9.03. The number of hydrogen-bond donors (Lipinski definition) is 2. The molecule has 1 amide bonds. The highest BCUT2D eigenvalue weighted by atomic mass is 19.1. The molecule has 0 aromatic rings. The van der Waals surface area contributed by atoms with Gasteiger partial charge in [0.1, 0.15) is 0 Å². The van der Waals surface area contributed by atoms with Crippen LogP contribution in [0.25, 0.3) is 0 Å². The normalized spacial score (nSPS) is 15.6. The van der Waals surface area contributed by atoms with E-state index in [9.17, 15) is 14.0 Å². The standard InChI is InChI=1S/C5H8FNO3/c1-3(8)5(2,6)4(9)7-10/h10H,1-2H3,(H,7,9). The van der Waals surface area contributed by atoms with Gasteiger partial charge >= 0.3 is 0 Å². The fourth-order valence-electron chi connectivity index (χ4n) is 0.265. The molecule has 1 unspecified atom stereocenters. The van der Waals surface area contributed by atoms with Crippen molar-refractivity contribution in [2.24, 2.45) is 0 Å². The highest BCUT2D eigenvalue weighted by molar-refractivity contribution is 6.07. The zero-order chi connectivity index (χ0) is 8.36. The van der Waals surface area contributed by atoms with Gasteiger partial charge in [0.25, 0.3) is 5.91 Å². The number of halogens is 1. The average molecular weight is 149 g/mol. The number of Topliss-reactive ketones (excluding diaryl/α,β-unsaturated/α-hetero) is 1. The molecule has 5 heteroatoms. The van der Waals surface area contributed by atoms with E-state index in [1.54, 1.807) is 0 Å². The lowest BCUT2D eigenvalue weighted by Gasteiger charge is -2.12. The second kappa shape index (κ2) is 2.74. The van der Waals surface area contributed by atoms with Crippen LogP contribution in [0.4, 0.5) is 4.39 Å². The van der Waals surface area contributed by atoms with Crippen molar-refractivity contribution in [3.63, 3.8) is 0 Å². The van der Waals surface area contributed by atoms with E-state index < -0.39 is 17.4 Å². The van der Waals surface area contributed by atoms with Crippen LogP contribution in [-0.2, 0) is 9.59 Å². The summed E-state index contributed by atoms with van der Waals surface area (Å²) in [4.78, 5) is 20.6. The number of hydrogen-bond acceptors (Lipinski definition) is 3. The van der Waals surface area contributed by atoms with Crippen LogP contribution in [0.3, 0.4) is 0 Å². The van der Waals surface area contributed by atoms with Crippen molar-refractivity contribution in [3.8, 4) is 0 Å². The van der Waals surface area contributed by atoms with Gasteiger partial charge in [-0.05, 0) is 13.8 Å². The van der Waals surface area contributed by atoms with Crippen molar-refractivity contribution in [2.75, 3.05) is 0 Å². The quantitative estimate of drug-likeness (QED) is 0.325. The summed E-state index contributed by atoms with van der Waals surface area (Å²) in [6, 6.07) is 0. The Kier molecular flexibility index (Phi) is 2.48. The van der Waals surface area contributed by atoms with Crippen LogP contribution in [0.1, 0.15) is 13.8 Å². The minimum Gasteiger partial charge on any atom is -0.296 e. The Balaban J connectivity index is 4.40. The Hall–Kier alpha value is -0.970. The van der Waals surface area contributed by atoms with Crippen LogP contribution in [0.15, 0.2) is 0 Å². The monoisotopic (exact) mass is 149 g/mol. The van der Waals surface area contributed by atoms with E-state index in [2.05, 4.69) is 0 Å². The molecule has 1 atom stereocenters. The number of hydroxylamine groups is 1. The maximum atomic E-state index is 12.7. The Morgan fingerprint density at radius 1 is 1.60 bits per heavy atom. The lowest BCUT2D eigenvalue weighted by Crippen LogP contribution is -2.44. The van der Waals surface area contributed by atoms with E-state index in [-0.39, 0.29) is 0 Å². The number of nitrogens with one attached hydrogen (secondary N) is 1. The summed E-state index contributed by atoms with van der Waals surface area (Å²) < 4.78 is 12.7. The Morgan fingerprint density at radius 3 is 2.10 bits per heavy atom. The SMILES string of the molecule is CC(=O)C(C)(F)C(=O)NO. The molecular formula is C5H8FNO3. The minimum absolute atomic E-state index is 0.779. The predicted octanol–water partition coefficient (Wildman–Crippen LogP) is -0.191. The van der Waals surface area contributed by atoms with Crippen molar-refractivity contribution < 1.29 is 19.2 Å². The van der Waals surface area contributed by atoms with Gasteiger partial charge in [-0.25, -0.2) is 9.87 Å². The summed E-state index contributed by atoms with van der Waals surface area (Å²) in [6.07, 6.45) is 0. The molecule has 0 spiro atoms. The molecule has 0 fully saturated rings. The van der Waals surface area contributed by atoms with Crippen molar-refractivity contribution >= 4 is 11.7 Å². The van der Waals surface area contributed by atoms with Gasteiger partial charge in [0.2, 0.25) is 5.67 Å². The van der Waals surface area contributed by atoms with Crippen molar-refractivity contribution in [2.45, 2.75) is 19.5 Å². The molecule has 0 radical (unpaired) electrons. The summed E-state index contributed by atoms with van der Waals surface area (Å²) in [7, 11) is 0. The first-order valence-corrected chi connectivity index (χ1v) is 2.57. The van der Waals surface area contributed by atoms with E-state index >= 15 is 0 Å². The number of carbonyl (C=O) groups is 2. The van der Waals surface area contributed by atoms with E-state index in [1.165, 1.54) is 0 Å². The van der Waals surface area contributed by atoms with E-state index in [1.807, 2.05) is 0 Å². The van der Waals surface area contributed by atoms with Crippen molar-refractivity contribution in [1.29, 1.82) is 0 Å². The molecule has 0 aromatic carbocycles. The number of carbonyl (C=O) groups excluding carboxylic acids is 2. The summed E-state index contributed by atoms with van der Waals surface area (Å²) in [5, 5.41) is 7.93. The van der Waals surface area contributed by atoms with Crippen molar-refractivity contribution in [3.05, 3.63) is 0 Å². The van der Waals surface area contributed by atoms with Crippen LogP contribution in [0.2, 0.25) is 0 Å². The molecule has 10 heavy (non-hydrogen) atoms. The Labute approximate surface area is 57.0 Å². The first-order chi connectivity index (χ1) is 4.42. The number of amides is 1. The fourth-order valence-corrected chi connectivity index (χ4v) is 0.265. The van der Waals surface area contributed by atoms with Gasteiger partial charge in [-0.15, -0.1) is 0 Å². The summed E-state index contributed by atoms with van der Waals surface area (Å²) in [5.74, 6) is -2.29. The smallest absolute Gasteiger partial charge is 0.288 e. The molecule has 58 valence electrons. The summed E-state index contributed by atoms with van der Waals surface area (Å²) >= 11 is 0. The predicted molar refractivity (Wildman–Crippen MR) is 30.1 cm³/mol. The second-order valence-corrected chi connectivity index (χ2v) is 2.00. The van der Waals surface area contributed by atoms with E-state index in [0.29, 0.717) is 0 Å². The van der Waals surface area contributed by atoms with E-state index in [0.717, 1.165) is 19.3 Å². The van der Waals surface area contributed by atoms with Gasteiger partial charge in [-0.2, -0.15) is 0 Å². The molecule has 4 nitrogen and oxygen atoms in total. The Bertz CT molecular complexity index is 166. The van der Waals surface area contributed by atoms with Gasteiger partial charge in [0, 0.05) is 0 Å². The zero-order valence-electron chi connectivity index (χ0n) is 5.64. The molecule has 0 saturated carbocycles. The molecule has 2 N–H and O–H groups in total. The van der Waals surface area contributed by atoms with Gasteiger partial charge in [0.05, 0.1) is 0 Å². The van der Waals surface area contributed by atoms with Crippen LogP contribution in [0, 0.1) is 0 Å². The van der Waals surface area contributed by atoms with Crippen LogP contribution < -0.4 is 5.48 Å². The highest BCUT2D eigenvalue weighted by Gasteiger charge is 2.38. The molecule has 0 aliphatic carbocycles. The molecule has 0 aromatic heterocycles. The summed E-state index contributed by atoms with van der Waals surface area (Å²) in [5.41, 5.74) is -1.58. The van der Waals surface area contributed by atoms with Gasteiger partial charge in [-0.1, -0.05) is 0 Å². The Morgan fingerprint density at radius 2 is 2.00 bits per heavy atom. The lowest BCUT2D eigenvalue weighted by atomic mass is 10.0. The lowest BCUT2D eigenvalue weighted by molar-refractivity contribution is -0.147.